The molecule has 9 heteroatoms. The van der Waals surface area contributed by atoms with E-state index < -0.39 is 17.6 Å². The van der Waals surface area contributed by atoms with Crippen molar-refractivity contribution >= 4 is 28.9 Å². The van der Waals surface area contributed by atoms with Gasteiger partial charge in [-0.3, -0.25) is 4.79 Å². The minimum atomic E-state index is -4.67. The van der Waals surface area contributed by atoms with Gasteiger partial charge in [0.05, 0.1) is 7.11 Å². The number of allylic oxidation sites excluding steroid dienone is 2. The summed E-state index contributed by atoms with van der Waals surface area (Å²) in [6.45, 7) is 1.70. The number of rotatable bonds is 7. The lowest BCUT2D eigenvalue weighted by Crippen LogP contribution is -2.12. The van der Waals surface area contributed by atoms with Crippen molar-refractivity contribution in [3.63, 3.8) is 0 Å². The van der Waals surface area contributed by atoms with Crippen molar-refractivity contribution in [2.45, 2.75) is 13.1 Å². The standard InChI is InChI=1S/C22H19F3N4O2/c1-3-6-19(30)14-7-4-8-15(11-14)27-20-18(22(23,24)25)13-26-21(29-20)28-16-9-5-10-17(12-16)31-2/h3-13H,1-2H3,(H2,26,27,28,29). The van der Waals surface area contributed by atoms with E-state index in [2.05, 4.69) is 20.6 Å². The number of nitrogens with one attached hydrogen (secondary N) is 2. The SMILES string of the molecule is CC=CC(=O)c1cccc(Nc2nc(Nc3cccc(OC)c3)ncc2C(F)(F)F)c1. The monoisotopic (exact) mass is 428 g/mol. The fourth-order valence-corrected chi connectivity index (χ4v) is 2.71. The van der Waals surface area contributed by atoms with Gasteiger partial charge in [-0.1, -0.05) is 24.3 Å². The molecule has 3 rings (SSSR count). The Morgan fingerprint density at radius 2 is 1.77 bits per heavy atom. The molecule has 0 aliphatic carbocycles. The Kier molecular flexibility index (Phi) is 6.54. The fourth-order valence-electron chi connectivity index (χ4n) is 2.71. The van der Waals surface area contributed by atoms with E-state index in [1.54, 1.807) is 55.5 Å². The van der Waals surface area contributed by atoms with Crippen LogP contribution in [0.25, 0.3) is 0 Å². The molecular weight excluding hydrogens is 409 g/mol. The first-order valence-corrected chi connectivity index (χ1v) is 9.19. The number of aromatic nitrogens is 2. The number of nitrogens with zero attached hydrogens (tertiary/aromatic N) is 2. The topological polar surface area (TPSA) is 76.1 Å². The Morgan fingerprint density at radius 3 is 2.45 bits per heavy atom. The first-order valence-electron chi connectivity index (χ1n) is 9.19. The van der Waals surface area contributed by atoms with Crippen LogP contribution in [0.15, 0.2) is 66.9 Å². The Balaban J connectivity index is 1.94. The van der Waals surface area contributed by atoms with Crippen molar-refractivity contribution < 1.29 is 22.7 Å². The van der Waals surface area contributed by atoms with Gasteiger partial charge in [0.25, 0.3) is 0 Å². The second-order valence-electron chi connectivity index (χ2n) is 6.38. The number of ether oxygens (including phenoxy) is 1. The van der Waals surface area contributed by atoms with Gasteiger partial charge in [0.2, 0.25) is 5.95 Å². The molecule has 0 amide bonds. The summed E-state index contributed by atoms with van der Waals surface area (Å²) < 4.78 is 45.6. The number of benzene rings is 2. The van der Waals surface area contributed by atoms with E-state index in [0.717, 1.165) is 0 Å². The van der Waals surface area contributed by atoms with Crippen LogP contribution in [0.5, 0.6) is 5.75 Å². The second-order valence-corrected chi connectivity index (χ2v) is 6.38. The number of methoxy groups -OCH3 is 1. The highest BCUT2D eigenvalue weighted by atomic mass is 19.4. The van der Waals surface area contributed by atoms with Gasteiger partial charge in [-0.05, 0) is 37.3 Å². The first-order chi connectivity index (χ1) is 14.8. The smallest absolute Gasteiger partial charge is 0.421 e. The molecule has 2 N–H and O–H groups in total. The predicted octanol–water partition coefficient (Wildman–Crippen LogP) is 5.75. The largest absolute Gasteiger partial charge is 0.497 e. The predicted molar refractivity (Wildman–Crippen MR) is 112 cm³/mol. The Labute approximate surface area is 176 Å². The van der Waals surface area contributed by atoms with Crippen molar-refractivity contribution in [1.29, 1.82) is 0 Å². The maximum absolute atomic E-state index is 13.5. The van der Waals surface area contributed by atoms with Crippen molar-refractivity contribution in [2.75, 3.05) is 17.7 Å². The second kappa shape index (κ2) is 9.29. The molecule has 0 fully saturated rings. The van der Waals surface area contributed by atoms with E-state index in [4.69, 9.17) is 4.74 Å². The molecule has 0 spiro atoms. The molecule has 6 nitrogen and oxygen atoms in total. The van der Waals surface area contributed by atoms with E-state index in [0.29, 0.717) is 23.2 Å². The molecule has 0 radical (unpaired) electrons. The molecule has 0 aliphatic rings. The summed E-state index contributed by atoms with van der Waals surface area (Å²) in [5.74, 6) is -0.170. The van der Waals surface area contributed by atoms with Gasteiger partial charge in [0.1, 0.15) is 17.1 Å². The van der Waals surface area contributed by atoms with E-state index in [1.165, 1.54) is 19.3 Å². The zero-order valence-corrected chi connectivity index (χ0v) is 16.7. The number of carbonyl (C=O) groups is 1. The quantitative estimate of drug-likeness (QED) is 0.369. The lowest BCUT2D eigenvalue weighted by atomic mass is 10.1. The molecule has 0 saturated heterocycles. The van der Waals surface area contributed by atoms with E-state index in [9.17, 15) is 18.0 Å². The molecule has 160 valence electrons. The van der Waals surface area contributed by atoms with Gasteiger partial charge < -0.3 is 15.4 Å². The number of hydrogen-bond acceptors (Lipinski definition) is 6. The third kappa shape index (κ3) is 5.59. The third-order valence-electron chi connectivity index (χ3n) is 4.15. The third-order valence-corrected chi connectivity index (χ3v) is 4.15. The first kappa shape index (κ1) is 21.8. The van der Waals surface area contributed by atoms with Crippen LogP contribution in [0.2, 0.25) is 0 Å². The van der Waals surface area contributed by atoms with Gasteiger partial charge in [0, 0.05) is 29.2 Å². The number of halogens is 3. The summed E-state index contributed by atoms with van der Waals surface area (Å²) in [5, 5.41) is 5.51. The normalized spacial score (nSPS) is 11.4. The van der Waals surface area contributed by atoms with Gasteiger partial charge in [-0.2, -0.15) is 18.2 Å². The van der Waals surface area contributed by atoms with E-state index in [1.807, 2.05) is 0 Å². The zero-order chi connectivity index (χ0) is 22.4. The summed E-state index contributed by atoms with van der Waals surface area (Å²) >= 11 is 0. The molecule has 3 aromatic rings. The lowest BCUT2D eigenvalue weighted by molar-refractivity contribution is -0.137. The number of carbonyl (C=O) groups excluding carboxylic acids is 1. The van der Waals surface area contributed by atoms with Crippen molar-refractivity contribution in [3.05, 3.63) is 78.0 Å². The average molecular weight is 428 g/mol. The zero-order valence-electron chi connectivity index (χ0n) is 16.7. The van der Waals surface area contributed by atoms with Crippen molar-refractivity contribution in [2.24, 2.45) is 0 Å². The van der Waals surface area contributed by atoms with Gasteiger partial charge in [0.15, 0.2) is 5.78 Å². The highest BCUT2D eigenvalue weighted by Gasteiger charge is 2.35. The summed E-state index contributed by atoms with van der Waals surface area (Å²) in [6, 6.07) is 13.0. The molecule has 0 atom stereocenters. The minimum Gasteiger partial charge on any atom is -0.497 e. The number of alkyl halides is 3. The van der Waals surface area contributed by atoms with E-state index >= 15 is 0 Å². The Hall–Kier alpha value is -3.88. The van der Waals surface area contributed by atoms with Crippen molar-refractivity contribution in [3.8, 4) is 5.75 Å². The molecule has 0 unspecified atom stereocenters. The van der Waals surface area contributed by atoms with Crippen LogP contribution in [0, 0.1) is 0 Å². The summed E-state index contributed by atoms with van der Waals surface area (Å²) in [6.07, 6.45) is -1.01. The van der Waals surface area contributed by atoms with Crippen molar-refractivity contribution in [1.82, 2.24) is 9.97 Å². The maximum atomic E-state index is 13.5. The van der Waals surface area contributed by atoms with Gasteiger partial charge in [-0.25, -0.2) is 4.98 Å². The highest BCUT2D eigenvalue weighted by Crippen LogP contribution is 2.35. The number of hydrogen-bond donors (Lipinski definition) is 2. The molecule has 0 saturated carbocycles. The molecule has 0 aliphatic heterocycles. The van der Waals surface area contributed by atoms with Crippen LogP contribution in [-0.4, -0.2) is 22.9 Å². The minimum absolute atomic E-state index is 0.0371. The van der Waals surface area contributed by atoms with Crippen LogP contribution in [-0.2, 0) is 6.18 Å². The lowest BCUT2D eigenvalue weighted by Gasteiger charge is -2.15. The molecular formula is C22H19F3N4O2. The average Bonchev–Trinajstić information content (AvgIpc) is 2.73. The Morgan fingerprint density at radius 1 is 1.06 bits per heavy atom. The maximum Gasteiger partial charge on any atom is 0.421 e. The number of anilines is 4. The number of ketones is 1. The van der Waals surface area contributed by atoms with Crippen LogP contribution >= 0.6 is 0 Å². The summed E-state index contributed by atoms with van der Waals surface area (Å²) in [5.41, 5.74) is 0.130. The Bertz CT molecular complexity index is 1110. The molecule has 31 heavy (non-hydrogen) atoms. The molecule has 0 bridgehead atoms. The summed E-state index contributed by atoms with van der Waals surface area (Å²) in [4.78, 5) is 19.8. The molecule has 1 heterocycles. The van der Waals surface area contributed by atoms with E-state index in [-0.39, 0.29) is 17.4 Å². The van der Waals surface area contributed by atoms with Crippen LogP contribution in [0.3, 0.4) is 0 Å². The molecule has 1 aromatic heterocycles. The van der Waals surface area contributed by atoms with Crippen LogP contribution < -0.4 is 15.4 Å². The van der Waals surface area contributed by atoms with Crippen LogP contribution in [0.1, 0.15) is 22.8 Å². The van der Waals surface area contributed by atoms with Gasteiger partial charge in [-0.15, -0.1) is 0 Å². The highest BCUT2D eigenvalue weighted by molar-refractivity contribution is 6.05. The molecule has 2 aromatic carbocycles. The van der Waals surface area contributed by atoms with Gasteiger partial charge >= 0.3 is 6.18 Å². The fraction of sp³-hybridized carbons (Fsp3) is 0.136. The van der Waals surface area contributed by atoms with Crippen LogP contribution in [0.4, 0.5) is 36.3 Å². The summed E-state index contributed by atoms with van der Waals surface area (Å²) in [7, 11) is 1.50.